The lowest BCUT2D eigenvalue weighted by Gasteiger charge is -2.22. The van der Waals surface area contributed by atoms with Crippen LogP contribution < -0.4 is 5.32 Å². The van der Waals surface area contributed by atoms with Gasteiger partial charge in [0.05, 0.1) is 6.61 Å². The first-order valence-electron chi connectivity index (χ1n) is 6.46. The summed E-state index contributed by atoms with van der Waals surface area (Å²) in [7, 11) is 1.72. The molecule has 0 aliphatic carbocycles. The number of aromatic nitrogens is 3. The fourth-order valence-electron chi connectivity index (χ4n) is 2.35. The van der Waals surface area contributed by atoms with Crippen LogP contribution in [0.3, 0.4) is 0 Å². The van der Waals surface area contributed by atoms with Gasteiger partial charge in [0, 0.05) is 20.1 Å². The summed E-state index contributed by atoms with van der Waals surface area (Å²) < 4.78 is 7.18. The minimum atomic E-state index is 0.718. The molecule has 1 atom stereocenters. The van der Waals surface area contributed by atoms with Crippen molar-refractivity contribution in [3.63, 3.8) is 0 Å². The second-order valence-electron chi connectivity index (χ2n) is 4.68. The first kappa shape index (κ1) is 12.5. The molecule has 2 rings (SSSR count). The first-order chi connectivity index (χ1) is 8.40. The van der Waals surface area contributed by atoms with Crippen molar-refractivity contribution in [3.05, 3.63) is 12.2 Å². The molecule has 0 amide bonds. The predicted molar refractivity (Wildman–Crippen MR) is 65.8 cm³/mol. The molecule has 1 aromatic rings. The molecule has 2 heterocycles. The third-order valence-corrected chi connectivity index (χ3v) is 3.41. The van der Waals surface area contributed by atoms with Crippen molar-refractivity contribution in [1.29, 1.82) is 0 Å². The van der Waals surface area contributed by atoms with Crippen LogP contribution in [-0.4, -0.2) is 41.6 Å². The van der Waals surface area contributed by atoms with Crippen molar-refractivity contribution >= 4 is 0 Å². The van der Waals surface area contributed by atoms with Gasteiger partial charge < -0.3 is 14.6 Å². The summed E-state index contributed by atoms with van der Waals surface area (Å²) in [5.74, 6) is 1.89. The van der Waals surface area contributed by atoms with E-state index in [2.05, 4.69) is 20.1 Å². The Morgan fingerprint density at radius 1 is 1.59 bits per heavy atom. The van der Waals surface area contributed by atoms with E-state index in [0.717, 1.165) is 37.9 Å². The van der Waals surface area contributed by atoms with Gasteiger partial charge >= 0.3 is 0 Å². The molecule has 0 saturated carbocycles. The largest absolute Gasteiger partial charge is 0.383 e. The number of nitrogens with zero attached hydrogens (tertiary/aromatic N) is 3. The van der Waals surface area contributed by atoms with E-state index in [1.807, 2.05) is 0 Å². The van der Waals surface area contributed by atoms with Crippen LogP contribution in [0.5, 0.6) is 0 Å². The molecular formula is C12H22N4O. The van der Waals surface area contributed by atoms with Crippen LogP contribution in [0.1, 0.15) is 25.1 Å². The van der Waals surface area contributed by atoms with E-state index in [-0.39, 0.29) is 0 Å². The van der Waals surface area contributed by atoms with Crippen LogP contribution in [-0.2, 0) is 17.7 Å². The van der Waals surface area contributed by atoms with Gasteiger partial charge in [-0.1, -0.05) is 0 Å². The molecule has 0 spiro atoms. The van der Waals surface area contributed by atoms with Gasteiger partial charge in [0.1, 0.15) is 12.2 Å². The van der Waals surface area contributed by atoms with E-state index in [1.165, 1.54) is 25.8 Å². The van der Waals surface area contributed by atoms with Crippen molar-refractivity contribution in [1.82, 2.24) is 20.1 Å². The van der Waals surface area contributed by atoms with Gasteiger partial charge in [0.25, 0.3) is 0 Å². The average Bonchev–Trinajstić information content (AvgIpc) is 2.82. The molecule has 5 heteroatoms. The molecule has 1 aliphatic heterocycles. The van der Waals surface area contributed by atoms with Crippen molar-refractivity contribution in [2.45, 2.75) is 32.2 Å². The Bertz CT molecular complexity index is 320. The fraction of sp³-hybridized carbons (Fsp3) is 0.833. The molecule has 0 radical (unpaired) electrons. The molecule has 0 aromatic carbocycles. The van der Waals surface area contributed by atoms with Crippen molar-refractivity contribution < 1.29 is 4.74 Å². The number of piperidine rings is 1. The van der Waals surface area contributed by atoms with Crippen LogP contribution in [0, 0.1) is 5.92 Å². The molecular weight excluding hydrogens is 216 g/mol. The highest BCUT2D eigenvalue weighted by Gasteiger charge is 2.14. The number of nitrogens with one attached hydrogen (secondary N) is 1. The second-order valence-corrected chi connectivity index (χ2v) is 4.68. The smallest absolute Gasteiger partial charge is 0.132 e. The lowest BCUT2D eigenvalue weighted by Crippen LogP contribution is -2.30. The fourth-order valence-corrected chi connectivity index (χ4v) is 2.35. The first-order valence-corrected chi connectivity index (χ1v) is 6.46. The van der Waals surface area contributed by atoms with Crippen molar-refractivity contribution in [3.8, 4) is 0 Å². The molecule has 1 fully saturated rings. The van der Waals surface area contributed by atoms with Gasteiger partial charge in [-0.2, -0.15) is 0 Å². The highest BCUT2D eigenvalue weighted by Crippen LogP contribution is 2.16. The maximum atomic E-state index is 5.08. The number of methoxy groups -OCH3 is 1. The number of hydrogen-bond donors (Lipinski definition) is 1. The van der Waals surface area contributed by atoms with Gasteiger partial charge in [0.15, 0.2) is 0 Å². The summed E-state index contributed by atoms with van der Waals surface area (Å²) in [5, 5.41) is 11.6. The molecule has 1 aliphatic rings. The van der Waals surface area contributed by atoms with E-state index in [9.17, 15) is 0 Å². The summed E-state index contributed by atoms with van der Waals surface area (Å²) >= 11 is 0. The van der Waals surface area contributed by atoms with Crippen molar-refractivity contribution in [2.75, 3.05) is 26.8 Å². The summed E-state index contributed by atoms with van der Waals surface area (Å²) in [5.41, 5.74) is 0. The molecule has 96 valence electrons. The average molecular weight is 238 g/mol. The number of ether oxygens (including phenoxy) is 1. The summed E-state index contributed by atoms with van der Waals surface area (Å²) in [6, 6.07) is 0. The molecule has 17 heavy (non-hydrogen) atoms. The highest BCUT2D eigenvalue weighted by molar-refractivity contribution is 4.87. The van der Waals surface area contributed by atoms with Crippen LogP contribution in [0.15, 0.2) is 6.33 Å². The van der Waals surface area contributed by atoms with Crippen LogP contribution in [0.2, 0.25) is 0 Å². The second kappa shape index (κ2) is 6.71. The maximum Gasteiger partial charge on any atom is 0.132 e. The minimum absolute atomic E-state index is 0.718. The van der Waals surface area contributed by atoms with E-state index < -0.39 is 0 Å². The van der Waals surface area contributed by atoms with Gasteiger partial charge in [-0.05, 0) is 38.3 Å². The van der Waals surface area contributed by atoms with E-state index >= 15 is 0 Å². The Labute approximate surface area is 103 Å². The normalized spacial score (nSPS) is 20.6. The number of rotatable bonds is 6. The molecule has 1 N–H and O–H groups in total. The monoisotopic (exact) mass is 238 g/mol. The number of aryl methyl sites for hydroxylation is 1. The van der Waals surface area contributed by atoms with Crippen LogP contribution in [0.25, 0.3) is 0 Å². The Kier molecular flexibility index (Phi) is 4.94. The number of hydrogen-bond acceptors (Lipinski definition) is 4. The van der Waals surface area contributed by atoms with Gasteiger partial charge in [-0.25, -0.2) is 0 Å². The summed E-state index contributed by atoms with van der Waals surface area (Å²) in [4.78, 5) is 0. The Morgan fingerprint density at radius 3 is 3.29 bits per heavy atom. The summed E-state index contributed by atoms with van der Waals surface area (Å²) in [6.45, 7) is 3.91. The van der Waals surface area contributed by atoms with E-state index in [0.29, 0.717) is 0 Å². The Morgan fingerprint density at radius 2 is 2.53 bits per heavy atom. The van der Waals surface area contributed by atoms with Crippen LogP contribution in [0.4, 0.5) is 0 Å². The van der Waals surface area contributed by atoms with Gasteiger partial charge in [-0.3, -0.25) is 0 Å². The van der Waals surface area contributed by atoms with E-state index in [4.69, 9.17) is 4.74 Å². The molecule has 1 saturated heterocycles. The van der Waals surface area contributed by atoms with E-state index in [1.54, 1.807) is 13.4 Å². The third-order valence-electron chi connectivity index (χ3n) is 3.41. The van der Waals surface area contributed by atoms with Gasteiger partial charge in [0.2, 0.25) is 0 Å². The SMILES string of the molecule is COCCn1cnnc1CCC1CCCNC1. The lowest BCUT2D eigenvalue weighted by atomic mass is 9.94. The third kappa shape index (κ3) is 3.78. The Balaban J connectivity index is 1.79. The molecule has 1 unspecified atom stereocenters. The standard InChI is InChI=1S/C12H22N4O/c1-17-8-7-16-10-14-15-12(16)5-4-11-3-2-6-13-9-11/h10-11,13H,2-9H2,1H3. The quantitative estimate of drug-likeness (QED) is 0.798. The minimum Gasteiger partial charge on any atom is -0.383 e. The molecule has 0 bridgehead atoms. The highest BCUT2D eigenvalue weighted by atomic mass is 16.5. The lowest BCUT2D eigenvalue weighted by molar-refractivity contribution is 0.186. The van der Waals surface area contributed by atoms with Gasteiger partial charge in [-0.15, -0.1) is 10.2 Å². The zero-order valence-electron chi connectivity index (χ0n) is 10.6. The van der Waals surface area contributed by atoms with Crippen molar-refractivity contribution in [2.24, 2.45) is 5.92 Å². The van der Waals surface area contributed by atoms with Crippen LogP contribution >= 0.6 is 0 Å². The molecule has 1 aromatic heterocycles. The maximum absolute atomic E-state index is 5.08. The predicted octanol–water partition coefficient (Wildman–Crippen LogP) is 0.857. The molecule has 5 nitrogen and oxygen atoms in total. The Hall–Kier alpha value is -0.940. The zero-order chi connectivity index (χ0) is 11.9. The summed E-state index contributed by atoms with van der Waals surface area (Å²) in [6.07, 6.45) is 6.68. The zero-order valence-corrected chi connectivity index (χ0v) is 10.6. The topological polar surface area (TPSA) is 52.0 Å².